The Balaban J connectivity index is 1.55. The fourth-order valence-electron chi connectivity index (χ4n) is 5.33. The van der Waals surface area contributed by atoms with Crippen LogP contribution in [0.15, 0.2) is 85.1 Å². The van der Waals surface area contributed by atoms with Crippen LogP contribution in [-0.4, -0.2) is 44.7 Å². The summed E-state index contributed by atoms with van der Waals surface area (Å²) in [6.07, 6.45) is 8.37. The van der Waals surface area contributed by atoms with Crippen LogP contribution in [-0.2, 0) is 17.3 Å². The van der Waals surface area contributed by atoms with Gasteiger partial charge in [-0.15, -0.1) is 17.7 Å². The minimum atomic E-state index is -4.52. The minimum Gasteiger partial charge on any atom is -0.365 e. The van der Waals surface area contributed by atoms with Crippen LogP contribution in [0.4, 0.5) is 11.5 Å². The zero-order valence-corrected chi connectivity index (χ0v) is 25.3. The number of carbonyl (C=O) groups excluding carboxylic acids is 1. The summed E-state index contributed by atoms with van der Waals surface area (Å²) < 4.78 is 30.5. The predicted octanol–water partition coefficient (Wildman–Crippen LogP) is 2.85. The SMILES string of the molecule is C[C@@H](C1=Cc2cccc(C#Cc3cnn(C)c3)c2[C@H](S)N1c1ccccc1)N(c1nn2cccnc2c1C(N)=O)S(N)(=O)=O. The minimum absolute atomic E-state index is 0.0997. The smallest absolute Gasteiger partial charge is 0.300 e. The van der Waals surface area contributed by atoms with Gasteiger partial charge in [-0.1, -0.05) is 42.2 Å². The van der Waals surface area contributed by atoms with Gasteiger partial charge in [0.25, 0.3) is 5.91 Å². The molecule has 6 rings (SSSR count). The first-order chi connectivity index (χ1) is 21.0. The Labute approximate surface area is 259 Å². The van der Waals surface area contributed by atoms with Gasteiger partial charge in [-0.05, 0) is 42.8 Å². The van der Waals surface area contributed by atoms with E-state index >= 15 is 0 Å². The molecule has 0 radical (unpaired) electrons. The van der Waals surface area contributed by atoms with Crippen molar-refractivity contribution in [3.8, 4) is 11.8 Å². The van der Waals surface area contributed by atoms with E-state index in [2.05, 4.69) is 27.0 Å². The number of amides is 1. The van der Waals surface area contributed by atoms with Crippen molar-refractivity contribution >= 4 is 52.0 Å². The van der Waals surface area contributed by atoms with E-state index in [9.17, 15) is 13.2 Å². The van der Waals surface area contributed by atoms with E-state index in [0.717, 1.165) is 32.2 Å². The molecule has 0 fully saturated rings. The lowest BCUT2D eigenvalue weighted by Gasteiger charge is -2.42. The number of hydrogen-bond donors (Lipinski definition) is 3. The average molecular weight is 626 g/mol. The predicted molar refractivity (Wildman–Crippen MR) is 171 cm³/mol. The standard InChI is InChI=1S/C30H27N9O3S2/c1-19(39(44(32,41)42)29-26(27(31)40)28-33-14-7-15-37(28)35-29)24-16-22-9-6-8-21(13-12-20-17-34-36(2)18-20)25(22)30(43)38(24)23-10-4-3-5-11-23/h3-11,14-19,30,43H,1-2H3,(H2,31,40)(H2,32,41,42)/t19-,30-/m0/s1. The Kier molecular flexibility index (Phi) is 7.38. The molecule has 3 aromatic heterocycles. The lowest BCUT2D eigenvalue weighted by atomic mass is 9.93. The van der Waals surface area contributed by atoms with E-state index in [1.54, 1.807) is 23.9 Å². The van der Waals surface area contributed by atoms with Crippen molar-refractivity contribution in [1.82, 2.24) is 24.4 Å². The second-order valence-corrected chi connectivity index (χ2v) is 12.0. The number of aryl methyl sites for hydroxylation is 1. The number of fused-ring (bicyclic) bond motifs is 2. The van der Waals surface area contributed by atoms with Gasteiger partial charge in [-0.3, -0.25) is 9.48 Å². The van der Waals surface area contributed by atoms with Crippen LogP contribution >= 0.6 is 12.6 Å². The molecule has 1 amide bonds. The summed E-state index contributed by atoms with van der Waals surface area (Å²) in [4.78, 5) is 18.7. The number of benzene rings is 2. The van der Waals surface area contributed by atoms with Crippen LogP contribution in [0.2, 0.25) is 0 Å². The van der Waals surface area contributed by atoms with E-state index in [1.165, 1.54) is 16.9 Å². The highest BCUT2D eigenvalue weighted by molar-refractivity contribution is 7.90. The molecule has 1 aliphatic heterocycles. The summed E-state index contributed by atoms with van der Waals surface area (Å²) in [6.45, 7) is 1.66. The summed E-state index contributed by atoms with van der Waals surface area (Å²) in [5.74, 6) is 5.27. The van der Waals surface area contributed by atoms with E-state index in [-0.39, 0.29) is 17.0 Å². The number of aromatic nitrogens is 5. The van der Waals surface area contributed by atoms with Crippen molar-refractivity contribution in [2.75, 3.05) is 9.21 Å². The summed E-state index contributed by atoms with van der Waals surface area (Å²) in [6, 6.07) is 15.7. The van der Waals surface area contributed by atoms with Gasteiger partial charge in [-0.2, -0.15) is 13.5 Å². The number of primary amides is 1. The van der Waals surface area contributed by atoms with Crippen LogP contribution < -0.4 is 20.1 Å². The number of carbonyl (C=O) groups is 1. The molecule has 5 aromatic rings. The number of nitrogens with two attached hydrogens (primary N) is 2. The van der Waals surface area contributed by atoms with Gasteiger partial charge in [-0.25, -0.2) is 18.9 Å². The van der Waals surface area contributed by atoms with Crippen molar-refractivity contribution < 1.29 is 13.2 Å². The Hall–Kier alpha value is -5.10. The fraction of sp³-hybridized carbons (Fsp3) is 0.133. The van der Waals surface area contributed by atoms with Gasteiger partial charge in [0.2, 0.25) is 0 Å². The monoisotopic (exact) mass is 625 g/mol. The molecule has 1 aliphatic rings. The molecule has 0 unspecified atom stereocenters. The largest absolute Gasteiger partial charge is 0.365 e. The molecule has 4 N–H and O–H groups in total. The molecule has 0 saturated carbocycles. The number of thiol groups is 1. The van der Waals surface area contributed by atoms with Gasteiger partial charge in [0.15, 0.2) is 11.5 Å². The van der Waals surface area contributed by atoms with Crippen LogP contribution in [0.5, 0.6) is 0 Å². The van der Waals surface area contributed by atoms with Gasteiger partial charge in [0, 0.05) is 48.1 Å². The summed E-state index contributed by atoms with van der Waals surface area (Å²) in [7, 11) is -2.69. The topological polar surface area (TPSA) is 158 Å². The van der Waals surface area contributed by atoms with Crippen molar-refractivity contribution in [3.63, 3.8) is 0 Å². The number of para-hydroxylation sites is 1. The molecular formula is C30H27N9O3S2. The fourth-order valence-corrected chi connectivity index (χ4v) is 6.80. The molecule has 0 bridgehead atoms. The lowest BCUT2D eigenvalue weighted by molar-refractivity contribution is 0.100. The average Bonchev–Trinajstić information content (AvgIpc) is 3.58. The zero-order valence-electron chi connectivity index (χ0n) is 23.6. The second-order valence-electron chi connectivity index (χ2n) is 10.1. The van der Waals surface area contributed by atoms with Crippen LogP contribution in [0.25, 0.3) is 11.7 Å². The van der Waals surface area contributed by atoms with Crippen molar-refractivity contribution in [1.29, 1.82) is 0 Å². The molecule has 4 heterocycles. The number of hydrogen-bond acceptors (Lipinski definition) is 8. The summed E-state index contributed by atoms with van der Waals surface area (Å²) in [5, 5.41) is 13.8. The molecular weight excluding hydrogens is 599 g/mol. The van der Waals surface area contributed by atoms with E-state index < -0.39 is 27.5 Å². The number of rotatable bonds is 6. The Morgan fingerprint density at radius 2 is 1.89 bits per heavy atom. The molecule has 222 valence electrons. The highest BCUT2D eigenvalue weighted by Crippen LogP contribution is 2.44. The van der Waals surface area contributed by atoms with Crippen molar-refractivity contribution in [3.05, 3.63) is 113 Å². The van der Waals surface area contributed by atoms with Crippen LogP contribution in [0.3, 0.4) is 0 Å². The van der Waals surface area contributed by atoms with E-state index in [0.29, 0.717) is 5.70 Å². The van der Waals surface area contributed by atoms with Gasteiger partial charge < -0.3 is 10.6 Å². The maximum absolute atomic E-state index is 13.3. The maximum atomic E-state index is 13.3. The lowest BCUT2D eigenvalue weighted by Crippen LogP contribution is -2.49. The third kappa shape index (κ3) is 5.17. The summed E-state index contributed by atoms with van der Waals surface area (Å²) >= 11 is 5.07. The number of anilines is 2. The first-order valence-electron chi connectivity index (χ1n) is 13.4. The van der Waals surface area contributed by atoms with Crippen LogP contribution in [0, 0.1) is 11.8 Å². The Bertz CT molecular complexity index is 2110. The molecule has 0 saturated heterocycles. The Morgan fingerprint density at radius 3 is 2.57 bits per heavy atom. The van der Waals surface area contributed by atoms with E-state index in [1.807, 2.05) is 72.8 Å². The zero-order chi connectivity index (χ0) is 31.2. The Morgan fingerprint density at radius 1 is 1.11 bits per heavy atom. The number of nitrogens with zero attached hydrogens (tertiary/aromatic N) is 7. The molecule has 0 aliphatic carbocycles. The van der Waals surface area contributed by atoms with Gasteiger partial charge >= 0.3 is 10.2 Å². The maximum Gasteiger partial charge on any atom is 0.300 e. The molecule has 2 atom stereocenters. The third-order valence-electron chi connectivity index (χ3n) is 7.19. The van der Waals surface area contributed by atoms with Gasteiger partial charge in [0.05, 0.1) is 17.8 Å². The molecule has 0 spiro atoms. The van der Waals surface area contributed by atoms with Crippen molar-refractivity contribution in [2.24, 2.45) is 17.9 Å². The third-order valence-corrected chi connectivity index (χ3v) is 8.72. The molecule has 12 nitrogen and oxygen atoms in total. The normalized spacial score (nSPS) is 15.2. The second kappa shape index (κ2) is 11.2. The molecule has 2 aromatic carbocycles. The molecule has 14 heteroatoms. The van der Waals surface area contributed by atoms with Crippen LogP contribution in [0.1, 0.15) is 44.9 Å². The van der Waals surface area contributed by atoms with E-state index in [4.69, 9.17) is 23.5 Å². The highest BCUT2D eigenvalue weighted by atomic mass is 32.2. The molecule has 44 heavy (non-hydrogen) atoms. The first kappa shape index (κ1) is 29.0. The highest BCUT2D eigenvalue weighted by Gasteiger charge is 2.39. The van der Waals surface area contributed by atoms with Crippen molar-refractivity contribution in [2.45, 2.75) is 18.3 Å². The first-order valence-corrected chi connectivity index (χ1v) is 15.4. The van der Waals surface area contributed by atoms with Gasteiger partial charge in [0.1, 0.15) is 10.9 Å². The summed E-state index contributed by atoms with van der Waals surface area (Å²) in [5.41, 5.74) is 10.1. The quantitative estimate of drug-likeness (QED) is 0.193.